The minimum absolute atomic E-state index is 0.103. The van der Waals surface area contributed by atoms with Crippen LogP contribution in [0.4, 0.5) is 0 Å². The number of hydrogen-bond donors (Lipinski definition) is 2. The second kappa shape index (κ2) is 9.30. The van der Waals surface area contributed by atoms with Crippen molar-refractivity contribution in [2.24, 2.45) is 0 Å². The van der Waals surface area contributed by atoms with Gasteiger partial charge in [-0.1, -0.05) is 13.8 Å². The molecule has 0 heterocycles. The molecule has 116 valence electrons. The van der Waals surface area contributed by atoms with Crippen molar-refractivity contribution in [3.05, 3.63) is 0 Å². The second-order valence-corrected chi connectivity index (χ2v) is 4.33. The Hall–Kier alpha value is -1.63. The molecule has 0 aromatic heterocycles. The monoisotopic (exact) mass is 287 g/mol. The summed E-state index contributed by atoms with van der Waals surface area (Å²) >= 11 is 0. The van der Waals surface area contributed by atoms with Crippen LogP contribution in [0.1, 0.15) is 26.7 Å². The van der Waals surface area contributed by atoms with Crippen LogP contribution < -0.4 is 10.6 Å². The molecule has 0 aliphatic heterocycles. The molecule has 2 amide bonds. The number of likely N-dealkylation sites (N-methyl/N-ethyl adjacent to an activating group) is 2. The van der Waals surface area contributed by atoms with Gasteiger partial charge in [-0.25, -0.2) is 0 Å². The van der Waals surface area contributed by atoms with Gasteiger partial charge in [-0.05, 0) is 12.8 Å². The van der Waals surface area contributed by atoms with Gasteiger partial charge in [-0.3, -0.25) is 19.3 Å². The third-order valence-electron chi connectivity index (χ3n) is 3.21. The molecule has 0 bridgehead atoms. The minimum Gasteiger partial charge on any atom is -0.468 e. The van der Waals surface area contributed by atoms with Crippen molar-refractivity contribution in [3.8, 4) is 0 Å². The van der Waals surface area contributed by atoms with Gasteiger partial charge in [0.15, 0.2) is 0 Å². The lowest BCUT2D eigenvalue weighted by Gasteiger charge is -2.34. The number of carbonyl (C=O) groups is 3. The van der Waals surface area contributed by atoms with Crippen LogP contribution >= 0.6 is 0 Å². The van der Waals surface area contributed by atoms with E-state index in [9.17, 15) is 14.4 Å². The van der Waals surface area contributed by atoms with Crippen molar-refractivity contribution in [3.63, 3.8) is 0 Å². The van der Waals surface area contributed by atoms with Crippen LogP contribution in [0.25, 0.3) is 0 Å². The van der Waals surface area contributed by atoms with E-state index < -0.39 is 18.1 Å². The van der Waals surface area contributed by atoms with Crippen LogP contribution in [0.3, 0.4) is 0 Å². The van der Waals surface area contributed by atoms with Gasteiger partial charge in [0, 0.05) is 14.1 Å². The SMILES string of the molecule is CCC(C(=O)NC)N(CC(=O)OC)C(CC)C(=O)NC. The van der Waals surface area contributed by atoms with E-state index in [1.165, 1.54) is 21.2 Å². The minimum atomic E-state index is -0.554. The van der Waals surface area contributed by atoms with Crippen LogP contribution in [-0.2, 0) is 19.1 Å². The van der Waals surface area contributed by atoms with E-state index in [-0.39, 0.29) is 18.4 Å². The first kappa shape index (κ1) is 18.4. The number of carbonyl (C=O) groups excluding carboxylic acids is 3. The Labute approximate surface area is 120 Å². The zero-order chi connectivity index (χ0) is 15.7. The predicted molar refractivity (Wildman–Crippen MR) is 75.0 cm³/mol. The van der Waals surface area contributed by atoms with Gasteiger partial charge in [-0.15, -0.1) is 0 Å². The quantitative estimate of drug-likeness (QED) is 0.588. The Bertz CT molecular complexity index is 323. The van der Waals surface area contributed by atoms with E-state index in [1.807, 2.05) is 13.8 Å². The van der Waals surface area contributed by atoms with Gasteiger partial charge in [0.05, 0.1) is 25.7 Å². The molecule has 0 aliphatic rings. The number of amides is 2. The second-order valence-electron chi connectivity index (χ2n) is 4.33. The summed E-state index contributed by atoms with van der Waals surface area (Å²) in [7, 11) is 4.34. The van der Waals surface area contributed by atoms with E-state index in [2.05, 4.69) is 15.4 Å². The van der Waals surface area contributed by atoms with Gasteiger partial charge in [0.2, 0.25) is 11.8 Å². The third-order valence-corrected chi connectivity index (χ3v) is 3.21. The van der Waals surface area contributed by atoms with E-state index in [1.54, 1.807) is 4.90 Å². The standard InChI is InChI=1S/C13H25N3O4/c1-6-9(12(18)14-3)16(8-11(17)20-5)10(7-2)13(19)15-4/h9-10H,6-8H2,1-5H3,(H,14,18)(H,15,19). The maximum atomic E-state index is 11.9. The van der Waals surface area contributed by atoms with Crippen LogP contribution in [0.5, 0.6) is 0 Å². The molecule has 0 aliphatic carbocycles. The fourth-order valence-electron chi connectivity index (χ4n) is 2.13. The van der Waals surface area contributed by atoms with Gasteiger partial charge in [0.25, 0.3) is 0 Å². The topological polar surface area (TPSA) is 87.7 Å². The molecule has 2 N–H and O–H groups in total. The molecule has 0 radical (unpaired) electrons. The molecule has 2 unspecified atom stereocenters. The largest absolute Gasteiger partial charge is 0.468 e. The molecule has 0 saturated heterocycles. The number of rotatable bonds is 8. The summed E-state index contributed by atoms with van der Waals surface area (Å²) in [6.45, 7) is 3.57. The number of ether oxygens (including phenoxy) is 1. The van der Waals surface area contributed by atoms with Crippen LogP contribution in [-0.4, -0.2) is 62.5 Å². The molecule has 0 aromatic rings. The van der Waals surface area contributed by atoms with Crippen molar-refractivity contribution in [1.82, 2.24) is 15.5 Å². The summed E-state index contributed by atoms with van der Waals surface area (Å²) in [5.74, 6) is -0.924. The summed E-state index contributed by atoms with van der Waals surface area (Å²) < 4.78 is 4.65. The van der Waals surface area contributed by atoms with Crippen molar-refractivity contribution >= 4 is 17.8 Å². The smallest absolute Gasteiger partial charge is 0.319 e. The van der Waals surface area contributed by atoms with Gasteiger partial charge in [-0.2, -0.15) is 0 Å². The highest BCUT2D eigenvalue weighted by Gasteiger charge is 2.34. The van der Waals surface area contributed by atoms with Crippen LogP contribution in [0.2, 0.25) is 0 Å². The van der Waals surface area contributed by atoms with E-state index in [0.29, 0.717) is 12.8 Å². The molecule has 7 heteroatoms. The molecular formula is C13H25N3O4. The van der Waals surface area contributed by atoms with Crippen LogP contribution in [0, 0.1) is 0 Å². The highest BCUT2D eigenvalue weighted by Crippen LogP contribution is 2.13. The molecule has 20 heavy (non-hydrogen) atoms. The summed E-state index contributed by atoms with van der Waals surface area (Å²) in [6, 6.07) is -1.11. The zero-order valence-corrected chi connectivity index (χ0v) is 12.9. The molecule has 2 atom stereocenters. The number of hydrogen-bond acceptors (Lipinski definition) is 5. The lowest BCUT2D eigenvalue weighted by molar-refractivity contribution is -0.146. The highest BCUT2D eigenvalue weighted by atomic mass is 16.5. The maximum Gasteiger partial charge on any atom is 0.319 e. The number of methoxy groups -OCH3 is 1. The first-order chi connectivity index (χ1) is 9.46. The van der Waals surface area contributed by atoms with Crippen LogP contribution in [0.15, 0.2) is 0 Å². The summed E-state index contributed by atoms with van der Waals surface area (Å²) in [5.41, 5.74) is 0. The molecule has 0 rings (SSSR count). The fraction of sp³-hybridized carbons (Fsp3) is 0.769. The first-order valence-corrected chi connectivity index (χ1v) is 6.72. The number of esters is 1. The fourth-order valence-corrected chi connectivity index (χ4v) is 2.13. The van der Waals surface area contributed by atoms with Crippen molar-refractivity contribution in [2.75, 3.05) is 27.7 Å². The van der Waals surface area contributed by atoms with E-state index >= 15 is 0 Å². The Morgan fingerprint density at radius 3 is 1.65 bits per heavy atom. The maximum absolute atomic E-state index is 11.9. The first-order valence-electron chi connectivity index (χ1n) is 6.72. The average molecular weight is 287 g/mol. The molecule has 0 spiro atoms. The molecular weight excluding hydrogens is 262 g/mol. The molecule has 7 nitrogen and oxygen atoms in total. The van der Waals surface area contributed by atoms with Crippen molar-refractivity contribution in [1.29, 1.82) is 0 Å². The Balaban J connectivity index is 5.36. The molecule has 0 saturated carbocycles. The van der Waals surface area contributed by atoms with E-state index in [4.69, 9.17) is 0 Å². The Kier molecular flexibility index (Phi) is 8.54. The summed E-state index contributed by atoms with van der Waals surface area (Å²) in [4.78, 5) is 37.0. The summed E-state index contributed by atoms with van der Waals surface area (Å²) in [5, 5.41) is 5.12. The Morgan fingerprint density at radius 2 is 1.40 bits per heavy atom. The lowest BCUT2D eigenvalue weighted by Crippen LogP contribution is -2.56. The Morgan fingerprint density at radius 1 is 1.00 bits per heavy atom. The number of nitrogens with one attached hydrogen (secondary N) is 2. The van der Waals surface area contributed by atoms with E-state index in [0.717, 1.165) is 0 Å². The van der Waals surface area contributed by atoms with Crippen molar-refractivity contribution < 1.29 is 19.1 Å². The van der Waals surface area contributed by atoms with Gasteiger partial charge < -0.3 is 15.4 Å². The molecule has 0 fully saturated rings. The normalized spacial score (nSPS) is 13.5. The molecule has 0 aromatic carbocycles. The van der Waals surface area contributed by atoms with Crippen molar-refractivity contribution in [2.45, 2.75) is 38.8 Å². The summed E-state index contributed by atoms with van der Waals surface area (Å²) in [6.07, 6.45) is 0.980. The number of nitrogens with zero attached hydrogens (tertiary/aromatic N) is 1. The lowest BCUT2D eigenvalue weighted by atomic mass is 10.1. The van der Waals surface area contributed by atoms with Gasteiger partial charge >= 0.3 is 5.97 Å². The zero-order valence-electron chi connectivity index (χ0n) is 12.9. The third kappa shape index (κ3) is 4.80. The highest BCUT2D eigenvalue weighted by molar-refractivity contribution is 5.86. The van der Waals surface area contributed by atoms with Gasteiger partial charge in [0.1, 0.15) is 0 Å². The predicted octanol–water partition coefficient (Wildman–Crippen LogP) is -0.489. The average Bonchev–Trinajstić information content (AvgIpc) is 2.47.